The van der Waals surface area contributed by atoms with E-state index < -0.39 is 0 Å². The topological polar surface area (TPSA) is 19.0 Å². The van der Waals surface area contributed by atoms with Crippen molar-refractivity contribution in [2.24, 2.45) is 29.1 Å². The van der Waals surface area contributed by atoms with E-state index >= 15 is 0 Å². The Bertz CT molecular complexity index is 623. The number of nitrogens with zero attached hydrogens (tertiary/aromatic N) is 3. The van der Waals surface area contributed by atoms with Crippen molar-refractivity contribution >= 4 is 0 Å². The number of piperidine rings is 3. The number of hydrogen-bond acceptors (Lipinski definition) is 4. The summed E-state index contributed by atoms with van der Waals surface area (Å²) >= 11 is 0. The van der Waals surface area contributed by atoms with Gasteiger partial charge in [-0.1, -0.05) is 27.7 Å². The molecule has 0 amide bonds. The Morgan fingerprint density at radius 3 is 1.69 bits per heavy atom. The van der Waals surface area contributed by atoms with Crippen LogP contribution in [0.5, 0.6) is 0 Å². The monoisotopic (exact) mass is 489 g/mol. The SMILES string of the molecule is CC(C1CCN(C[C@H]2C[C@H](OC3CCN(CC4CCN(C(C)(C)C)CC4)CC3)C2)CC1)C(C)(C)C. The minimum Gasteiger partial charge on any atom is -0.375 e. The fraction of sp³-hybridized carbons (Fsp3) is 1.00. The largest absolute Gasteiger partial charge is 0.375 e. The maximum Gasteiger partial charge on any atom is 0.0603 e. The molecule has 0 spiro atoms. The van der Waals surface area contributed by atoms with Crippen molar-refractivity contribution in [1.82, 2.24) is 14.7 Å². The molecule has 1 atom stereocenters. The van der Waals surface area contributed by atoms with Crippen molar-refractivity contribution < 1.29 is 4.74 Å². The van der Waals surface area contributed by atoms with E-state index in [9.17, 15) is 0 Å². The van der Waals surface area contributed by atoms with Crippen LogP contribution in [0.1, 0.15) is 99.8 Å². The molecular formula is C31H59N3O. The molecule has 0 aromatic rings. The third kappa shape index (κ3) is 7.91. The van der Waals surface area contributed by atoms with Gasteiger partial charge in [0.05, 0.1) is 12.2 Å². The molecule has 1 aliphatic carbocycles. The molecule has 4 nitrogen and oxygen atoms in total. The second-order valence-corrected chi connectivity index (χ2v) is 15.0. The van der Waals surface area contributed by atoms with Gasteiger partial charge in [0.1, 0.15) is 0 Å². The molecule has 3 aliphatic heterocycles. The van der Waals surface area contributed by atoms with Crippen molar-refractivity contribution in [2.45, 2.75) is 118 Å². The summed E-state index contributed by atoms with van der Waals surface area (Å²) in [7, 11) is 0. The number of rotatable bonds is 7. The molecule has 4 fully saturated rings. The first-order valence-corrected chi connectivity index (χ1v) is 15.3. The van der Waals surface area contributed by atoms with E-state index in [0.717, 1.165) is 23.7 Å². The Morgan fingerprint density at radius 2 is 1.17 bits per heavy atom. The van der Waals surface area contributed by atoms with E-state index in [1.165, 1.54) is 104 Å². The Labute approximate surface area is 218 Å². The van der Waals surface area contributed by atoms with Crippen LogP contribution in [-0.4, -0.2) is 84.8 Å². The van der Waals surface area contributed by atoms with E-state index in [1.54, 1.807) is 0 Å². The minimum atomic E-state index is 0.336. The van der Waals surface area contributed by atoms with Crippen LogP contribution in [0.15, 0.2) is 0 Å². The van der Waals surface area contributed by atoms with Crippen molar-refractivity contribution in [2.75, 3.05) is 52.4 Å². The predicted octanol–water partition coefficient (Wildman–Crippen LogP) is 6.15. The van der Waals surface area contributed by atoms with Crippen LogP contribution in [-0.2, 0) is 4.74 Å². The number of likely N-dealkylation sites (tertiary alicyclic amines) is 3. The third-order valence-corrected chi connectivity index (χ3v) is 10.4. The lowest BCUT2D eigenvalue weighted by Crippen LogP contribution is -2.49. The van der Waals surface area contributed by atoms with Crippen molar-refractivity contribution in [3.8, 4) is 0 Å². The predicted molar refractivity (Wildman–Crippen MR) is 149 cm³/mol. The Balaban J connectivity index is 1.05. The number of hydrogen-bond donors (Lipinski definition) is 0. The first-order valence-electron chi connectivity index (χ1n) is 15.3. The Kier molecular flexibility index (Phi) is 9.32. The fourth-order valence-corrected chi connectivity index (χ4v) is 7.29. The van der Waals surface area contributed by atoms with E-state index in [0.29, 0.717) is 23.2 Å². The molecule has 0 aromatic heterocycles. The molecule has 0 N–H and O–H groups in total. The maximum atomic E-state index is 6.57. The Morgan fingerprint density at radius 1 is 0.657 bits per heavy atom. The highest BCUT2D eigenvalue weighted by molar-refractivity contribution is 4.88. The van der Waals surface area contributed by atoms with Gasteiger partial charge >= 0.3 is 0 Å². The lowest BCUT2D eigenvalue weighted by atomic mass is 9.71. The molecular weight excluding hydrogens is 430 g/mol. The molecule has 3 saturated heterocycles. The highest BCUT2D eigenvalue weighted by Gasteiger charge is 2.36. The van der Waals surface area contributed by atoms with Crippen LogP contribution < -0.4 is 0 Å². The van der Waals surface area contributed by atoms with Crippen LogP contribution in [0.2, 0.25) is 0 Å². The third-order valence-electron chi connectivity index (χ3n) is 10.4. The summed E-state index contributed by atoms with van der Waals surface area (Å²) in [6.45, 7) is 27.2. The standard InChI is InChI=1S/C31H59N3O/c1-24(30(2,3)4)27-10-14-32(15-11-27)23-26-20-29(21-26)35-28-12-16-33(17-13-28)22-25-8-18-34(19-9-25)31(5,6)7/h24-29H,8-23H2,1-7H3/t24?,26-,29-. The van der Waals surface area contributed by atoms with Gasteiger partial charge in [0.25, 0.3) is 0 Å². The van der Waals surface area contributed by atoms with Crippen LogP contribution in [0.25, 0.3) is 0 Å². The average Bonchev–Trinajstić information content (AvgIpc) is 2.78. The van der Waals surface area contributed by atoms with E-state index in [2.05, 4.69) is 63.2 Å². The molecule has 204 valence electrons. The van der Waals surface area contributed by atoms with E-state index in [-0.39, 0.29) is 0 Å². The van der Waals surface area contributed by atoms with Gasteiger partial charge in [-0.2, -0.15) is 0 Å². The van der Waals surface area contributed by atoms with Crippen LogP contribution in [0.3, 0.4) is 0 Å². The van der Waals surface area contributed by atoms with Gasteiger partial charge in [-0.25, -0.2) is 0 Å². The summed E-state index contributed by atoms with van der Waals surface area (Å²) in [5.41, 5.74) is 0.786. The van der Waals surface area contributed by atoms with Crippen LogP contribution in [0.4, 0.5) is 0 Å². The normalized spacial score (nSPS) is 30.9. The van der Waals surface area contributed by atoms with E-state index in [4.69, 9.17) is 4.74 Å². The van der Waals surface area contributed by atoms with Crippen molar-refractivity contribution in [3.05, 3.63) is 0 Å². The Hall–Kier alpha value is -0.160. The summed E-state index contributed by atoms with van der Waals surface area (Å²) in [4.78, 5) is 8.17. The summed E-state index contributed by atoms with van der Waals surface area (Å²) in [6.07, 6.45) is 11.8. The molecule has 4 rings (SSSR count). The zero-order valence-corrected chi connectivity index (χ0v) is 24.5. The van der Waals surface area contributed by atoms with Gasteiger partial charge < -0.3 is 14.5 Å². The lowest BCUT2D eigenvalue weighted by Gasteiger charge is -2.45. The molecule has 4 aliphatic rings. The van der Waals surface area contributed by atoms with Gasteiger partial charge in [-0.05, 0) is 127 Å². The highest BCUT2D eigenvalue weighted by atomic mass is 16.5. The maximum absolute atomic E-state index is 6.57. The van der Waals surface area contributed by atoms with Gasteiger partial charge in [-0.15, -0.1) is 0 Å². The summed E-state index contributed by atoms with van der Waals surface area (Å²) in [5.74, 6) is 3.54. The average molecular weight is 490 g/mol. The second kappa shape index (κ2) is 11.7. The quantitative estimate of drug-likeness (QED) is 0.427. The number of ether oxygens (including phenoxy) is 1. The smallest absolute Gasteiger partial charge is 0.0603 e. The first-order chi connectivity index (χ1) is 16.5. The zero-order valence-electron chi connectivity index (χ0n) is 24.5. The van der Waals surface area contributed by atoms with Gasteiger partial charge in [0, 0.05) is 31.7 Å². The molecule has 35 heavy (non-hydrogen) atoms. The van der Waals surface area contributed by atoms with Crippen LogP contribution in [0, 0.1) is 29.1 Å². The summed E-state index contributed by atoms with van der Waals surface area (Å²) in [6, 6.07) is 0. The minimum absolute atomic E-state index is 0.336. The lowest BCUT2D eigenvalue weighted by molar-refractivity contribution is -0.0997. The molecule has 0 aromatic carbocycles. The van der Waals surface area contributed by atoms with Gasteiger partial charge in [0.2, 0.25) is 0 Å². The van der Waals surface area contributed by atoms with Gasteiger partial charge in [-0.3, -0.25) is 4.90 Å². The molecule has 1 unspecified atom stereocenters. The summed E-state index contributed by atoms with van der Waals surface area (Å²) < 4.78 is 6.57. The molecule has 3 heterocycles. The second-order valence-electron chi connectivity index (χ2n) is 15.0. The fourth-order valence-electron chi connectivity index (χ4n) is 7.29. The first kappa shape index (κ1) is 27.9. The highest BCUT2D eigenvalue weighted by Crippen LogP contribution is 2.38. The van der Waals surface area contributed by atoms with Gasteiger partial charge in [0.15, 0.2) is 0 Å². The van der Waals surface area contributed by atoms with Crippen molar-refractivity contribution in [3.63, 3.8) is 0 Å². The molecule has 1 saturated carbocycles. The van der Waals surface area contributed by atoms with Crippen molar-refractivity contribution in [1.29, 1.82) is 0 Å². The molecule has 4 heteroatoms. The molecule has 0 radical (unpaired) electrons. The summed E-state index contributed by atoms with van der Waals surface area (Å²) in [5, 5.41) is 0. The van der Waals surface area contributed by atoms with Crippen LogP contribution >= 0.6 is 0 Å². The molecule has 0 bridgehead atoms. The van der Waals surface area contributed by atoms with E-state index in [1.807, 2.05) is 0 Å². The zero-order chi connectivity index (χ0) is 25.2.